The molecule has 18 heavy (non-hydrogen) atoms. The number of amides is 1. The molecule has 0 saturated heterocycles. The first-order valence-electron chi connectivity index (χ1n) is 6.34. The van der Waals surface area contributed by atoms with Crippen molar-refractivity contribution in [2.24, 2.45) is 5.92 Å². The highest BCUT2D eigenvalue weighted by Crippen LogP contribution is 2.33. The highest BCUT2D eigenvalue weighted by molar-refractivity contribution is 5.83. The molecule has 1 unspecified atom stereocenters. The van der Waals surface area contributed by atoms with Gasteiger partial charge in [0.15, 0.2) is 0 Å². The Labute approximate surface area is 107 Å². The lowest BCUT2D eigenvalue weighted by Gasteiger charge is -2.13. The van der Waals surface area contributed by atoms with E-state index in [0.29, 0.717) is 38.4 Å². The van der Waals surface area contributed by atoms with Gasteiger partial charge in [0.1, 0.15) is 6.04 Å². The van der Waals surface area contributed by atoms with Crippen LogP contribution in [0.3, 0.4) is 0 Å². The van der Waals surface area contributed by atoms with Crippen LogP contribution in [0.2, 0.25) is 0 Å². The highest BCUT2D eigenvalue weighted by atomic mass is 16.5. The van der Waals surface area contributed by atoms with Crippen LogP contribution < -0.4 is 5.32 Å². The number of carboxylic acids is 1. The van der Waals surface area contributed by atoms with Crippen molar-refractivity contribution in [2.45, 2.75) is 38.1 Å². The Bertz CT molecular complexity index is 299. The summed E-state index contributed by atoms with van der Waals surface area (Å²) in [6.45, 7) is 4.48. The van der Waals surface area contributed by atoms with Crippen LogP contribution in [-0.2, 0) is 14.3 Å². The zero-order chi connectivity index (χ0) is 13.4. The maximum atomic E-state index is 11.5. The quantitative estimate of drug-likeness (QED) is 0.456. The monoisotopic (exact) mass is 255 g/mol. The molecule has 2 N–H and O–H groups in total. The normalized spacial score (nSPS) is 16.0. The average molecular weight is 255 g/mol. The van der Waals surface area contributed by atoms with Crippen LogP contribution in [0.5, 0.6) is 0 Å². The Morgan fingerprint density at radius 2 is 2.22 bits per heavy atom. The zero-order valence-corrected chi connectivity index (χ0v) is 10.6. The van der Waals surface area contributed by atoms with Crippen LogP contribution in [-0.4, -0.2) is 36.2 Å². The van der Waals surface area contributed by atoms with Gasteiger partial charge < -0.3 is 15.2 Å². The molecule has 1 aliphatic rings. The van der Waals surface area contributed by atoms with Gasteiger partial charge in [0.2, 0.25) is 5.91 Å². The molecule has 1 atom stereocenters. The number of carboxylic acid groups (broad SMARTS) is 1. The van der Waals surface area contributed by atoms with E-state index in [1.807, 2.05) is 0 Å². The van der Waals surface area contributed by atoms with E-state index in [4.69, 9.17) is 9.84 Å². The van der Waals surface area contributed by atoms with E-state index in [2.05, 4.69) is 11.9 Å². The minimum Gasteiger partial charge on any atom is -0.480 e. The first-order chi connectivity index (χ1) is 8.63. The first kappa shape index (κ1) is 14.7. The van der Waals surface area contributed by atoms with Gasteiger partial charge in [-0.3, -0.25) is 4.79 Å². The summed E-state index contributed by atoms with van der Waals surface area (Å²) in [6.07, 6.45) is 5.25. The van der Waals surface area contributed by atoms with Crippen molar-refractivity contribution in [3.05, 3.63) is 12.7 Å². The number of aliphatic carboxylic acids is 1. The smallest absolute Gasteiger partial charge is 0.326 e. The molecule has 0 aliphatic heterocycles. The molecule has 102 valence electrons. The van der Waals surface area contributed by atoms with Gasteiger partial charge in [-0.25, -0.2) is 4.79 Å². The third-order valence-electron chi connectivity index (χ3n) is 2.83. The lowest BCUT2D eigenvalue weighted by Crippen LogP contribution is -2.41. The molecule has 1 amide bonds. The number of carbonyl (C=O) groups is 2. The van der Waals surface area contributed by atoms with Crippen molar-refractivity contribution in [3.8, 4) is 0 Å². The molecule has 0 aromatic carbocycles. The SMILES string of the molecule is C=CCOCCCC(=O)NC(CC1CC1)C(=O)O. The third kappa shape index (κ3) is 6.39. The molecule has 0 heterocycles. The molecule has 5 nitrogen and oxygen atoms in total. The lowest BCUT2D eigenvalue weighted by atomic mass is 10.1. The first-order valence-corrected chi connectivity index (χ1v) is 6.34. The maximum absolute atomic E-state index is 11.5. The zero-order valence-electron chi connectivity index (χ0n) is 10.6. The molecule has 1 saturated carbocycles. The van der Waals surface area contributed by atoms with Gasteiger partial charge in [-0.05, 0) is 18.8 Å². The molecule has 0 bridgehead atoms. The van der Waals surface area contributed by atoms with Crippen molar-refractivity contribution in [3.63, 3.8) is 0 Å². The van der Waals surface area contributed by atoms with Gasteiger partial charge in [0, 0.05) is 13.0 Å². The summed E-state index contributed by atoms with van der Waals surface area (Å²) in [5.74, 6) is -0.689. The van der Waals surface area contributed by atoms with Crippen LogP contribution in [0.15, 0.2) is 12.7 Å². The van der Waals surface area contributed by atoms with Crippen LogP contribution >= 0.6 is 0 Å². The summed E-state index contributed by atoms with van der Waals surface area (Å²) in [5.41, 5.74) is 0. The van der Waals surface area contributed by atoms with E-state index in [9.17, 15) is 9.59 Å². The molecule has 1 fully saturated rings. The second-order valence-corrected chi connectivity index (χ2v) is 4.60. The highest BCUT2D eigenvalue weighted by Gasteiger charge is 2.29. The van der Waals surface area contributed by atoms with Gasteiger partial charge in [-0.2, -0.15) is 0 Å². The van der Waals surface area contributed by atoms with Gasteiger partial charge >= 0.3 is 5.97 Å². The second kappa shape index (κ2) is 7.87. The van der Waals surface area contributed by atoms with E-state index < -0.39 is 12.0 Å². The fourth-order valence-corrected chi connectivity index (χ4v) is 1.68. The Hall–Kier alpha value is -1.36. The van der Waals surface area contributed by atoms with Crippen molar-refractivity contribution in [1.29, 1.82) is 0 Å². The summed E-state index contributed by atoms with van der Waals surface area (Å²) >= 11 is 0. The standard InChI is InChI=1S/C13H21NO4/c1-2-7-18-8-3-4-12(15)14-11(13(16)17)9-10-5-6-10/h2,10-11H,1,3-9H2,(H,14,15)(H,16,17). The van der Waals surface area contributed by atoms with Crippen molar-refractivity contribution in [1.82, 2.24) is 5.32 Å². The molecular weight excluding hydrogens is 234 g/mol. The van der Waals surface area contributed by atoms with Crippen molar-refractivity contribution >= 4 is 11.9 Å². The van der Waals surface area contributed by atoms with Crippen LogP contribution in [0.25, 0.3) is 0 Å². The summed E-state index contributed by atoms with van der Waals surface area (Å²) < 4.78 is 5.15. The minimum atomic E-state index is -0.946. The fourth-order valence-electron chi connectivity index (χ4n) is 1.68. The van der Waals surface area contributed by atoms with E-state index in [1.54, 1.807) is 6.08 Å². The number of rotatable bonds is 10. The number of nitrogens with one attached hydrogen (secondary N) is 1. The molecular formula is C13H21NO4. The van der Waals surface area contributed by atoms with Gasteiger partial charge in [-0.15, -0.1) is 6.58 Å². The summed E-state index contributed by atoms with van der Waals surface area (Å²) in [6, 6.07) is -0.737. The number of carbonyl (C=O) groups excluding carboxylic acids is 1. The molecule has 0 spiro atoms. The molecule has 1 rings (SSSR count). The molecule has 0 radical (unpaired) electrons. The average Bonchev–Trinajstić information content (AvgIpc) is 3.11. The maximum Gasteiger partial charge on any atom is 0.326 e. The van der Waals surface area contributed by atoms with E-state index >= 15 is 0 Å². The predicted molar refractivity (Wildman–Crippen MR) is 67.2 cm³/mol. The Kier molecular flexibility index (Phi) is 6.43. The largest absolute Gasteiger partial charge is 0.480 e. The number of hydrogen-bond acceptors (Lipinski definition) is 3. The Balaban J connectivity index is 2.15. The summed E-state index contributed by atoms with van der Waals surface area (Å²) in [7, 11) is 0. The Morgan fingerprint density at radius 1 is 1.50 bits per heavy atom. The summed E-state index contributed by atoms with van der Waals surface area (Å²) in [4.78, 5) is 22.5. The number of ether oxygens (including phenoxy) is 1. The molecule has 5 heteroatoms. The second-order valence-electron chi connectivity index (χ2n) is 4.60. The van der Waals surface area contributed by atoms with Gasteiger partial charge in [-0.1, -0.05) is 18.9 Å². The van der Waals surface area contributed by atoms with Crippen LogP contribution in [0.1, 0.15) is 32.1 Å². The van der Waals surface area contributed by atoms with Crippen LogP contribution in [0.4, 0.5) is 0 Å². The predicted octanol–water partition coefficient (Wildman–Crippen LogP) is 1.34. The molecule has 1 aliphatic carbocycles. The fraction of sp³-hybridized carbons (Fsp3) is 0.692. The van der Waals surface area contributed by atoms with Crippen LogP contribution in [0, 0.1) is 5.92 Å². The lowest BCUT2D eigenvalue weighted by molar-refractivity contribution is -0.142. The topological polar surface area (TPSA) is 75.6 Å². The third-order valence-corrected chi connectivity index (χ3v) is 2.83. The minimum absolute atomic E-state index is 0.217. The molecule has 0 aromatic rings. The Morgan fingerprint density at radius 3 is 2.78 bits per heavy atom. The molecule has 0 aromatic heterocycles. The number of hydrogen-bond donors (Lipinski definition) is 2. The van der Waals surface area contributed by atoms with E-state index in [0.717, 1.165) is 12.8 Å². The van der Waals surface area contributed by atoms with Crippen molar-refractivity contribution < 1.29 is 19.4 Å². The van der Waals surface area contributed by atoms with E-state index in [-0.39, 0.29) is 5.91 Å². The van der Waals surface area contributed by atoms with Crippen molar-refractivity contribution in [2.75, 3.05) is 13.2 Å². The van der Waals surface area contributed by atoms with E-state index in [1.165, 1.54) is 0 Å². The van der Waals surface area contributed by atoms with Gasteiger partial charge in [0.25, 0.3) is 0 Å². The summed E-state index contributed by atoms with van der Waals surface area (Å²) in [5, 5.41) is 11.6. The van der Waals surface area contributed by atoms with Gasteiger partial charge in [0.05, 0.1) is 6.61 Å².